The number of nitrogens with one attached hydrogen (secondary N) is 1. The zero-order valence-electron chi connectivity index (χ0n) is 16.8. The number of fused-ring (bicyclic) bond motifs is 1. The first kappa shape index (κ1) is 20.1. The van der Waals surface area contributed by atoms with Gasteiger partial charge >= 0.3 is 0 Å². The highest BCUT2D eigenvalue weighted by molar-refractivity contribution is 5.92. The van der Waals surface area contributed by atoms with Crippen LogP contribution in [0.25, 0.3) is 16.9 Å². The van der Waals surface area contributed by atoms with Gasteiger partial charge in [-0.15, -0.1) is 0 Å². The van der Waals surface area contributed by atoms with Crippen molar-refractivity contribution in [1.82, 2.24) is 19.3 Å². The number of halogens is 1. The molecule has 9 heteroatoms. The smallest absolute Gasteiger partial charge is 0.294 e. The largest absolute Gasteiger partial charge is 0.497 e. The Hall–Kier alpha value is -3.20. The topological polar surface area (TPSA) is 97.9 Å². The third kappa shape index (κ3) is 3.93. The lowest BCUT2D eigenvalue weighted by Crippen LogP contribution is -2.30. The summed E-state index contributed by atoms with van der Waals surface area (Å²) in [5.41, 5.74) is 0.440. The number of ether oxygens (including phenoxy) is 1. The molecular formula is C21H23FN4O4. The second-order valence-electron chi connectivity index (χ2n) is 7.64. The van der Waals surface area contributed by atoms with E-state index in [-0.39, 0.29) is 29.0 Å². The van der Waals surface area contributed by atoms with Gasteiger partial charge in [-0.3, -0.25) is 14.0 Å². The van der Waals surface area contributed by atoms with Crippen molar-refractivity contribution in [2.45, 2.75) is 32.4 Å². The molecule has 2 N–H and O–H groups in total. The Morgan fingerprint density at radius 3 is 2.80 bits per heavy atom. The molecule has 1 saturated carbocycles. The van der Waals surface area contributed by atoms with Gasteiger partial charge in [-0.2, -0.15) is 0 Å². The summed E-state index contributed by atoms with van der Waals surface area (Å²) in [7, 11) is 1.46. The molecule has 2 aromatic heterocycles. The van der Waals surface area contributed by atoms with E-state index in [2.05, 4.69) is 10.3 Å². The SMILES string of the molecule is COc1ccc(-c2cn3cc(C(=O)NC[C@H](C)O)nc3c(=O)n2CC2CC2)c(F)c1. The predicted molar refractivity (Wildman–Crippen MR) is 108 cm³/mol. The molecule has 2 heterocycles. The normalized spacial score (nSPS) is 14.7. The number of hydrogen-bond acceptors (Lipinski definition) is 5. The lowest BCUT2D eigenvalue weighted by atomic mass is 10.1. The third-order valence-corrected chi connectivity index (χ3v) is 5.10. The molecule has 30 heavy (non-hydrogen) atoms. The highest BCUT2D eigenvalue weighted by Gasteiger charge is 2.26. The second-order valence-corrected chi connectivity index (χ2v) is 7.64. The summed E-state index contributed by atoms with van der Waals surface area (Å²) in [4.78, 5) is 29.7. The number of amides is 1. The average Bonchev–Trinajstić information content (AvgIpc) is 3.43. The summed E-state index contributed by atoms with van der Waals surface area (Å²) in [6, 6.07) is 4.48. The minimum atomic E-state index is -0.702. The van der Waals surface area contributed by atoms with Gasteiger partial charge in [0.2, 0.25) is 5.65 Å². The number of hydrogen-bond donors (Lipinski definition) is 2. The van der Waals surface area contributed by atoms with Crippen LogP contribution in [0.15, 0.2) is 35.4 Å². The van der Waals surface area contributed by atoms with Crippen LogP contribution in [0.5, 0.6) is 5.75 Å². The fraction of sp³-hybridized carbons (Fsp3) is 0.381. The minimum Gasteiger partial charge on any atom is -0.497 e. The van der Waals surface area contributed by atoms with Gasteiger partial charge in [0.1, 0.15) is 17.3 Å². The van der Waals surface area contributed by atoms with Crippen LogP contribution in [0.2, 0.25) is 0 Å². The van der Waals surface area contributed by atoms with Crippen LogP contribution < -0.4 is 15.6 Å². The molecule has 0 unspecified atom stereocenters. The molecule has 1 atom stereocenters. The van der Waals surface area contributed by atoms with E-state index in [9.17, 15) is 19.1 Å². The van der Waals surface area contributed by atoms with Crippen LogP contribution in [-0.2, 0) is 6.54 Å². The standard InChI is InChI=1S/C21H23FN4O4/c1-12(27)8-23-20(28)17-10-25-11-18(15-6-5-14(30-2)7-16(15)22)26(9-13-3-4-13)21(29)19(25)24-17/h5-7,10-13,27H,3-4,8-9H2,1-2H3,(H,23,28)/t12-/m0/s1. The number of nitrogens with zero attached hydrogens (tertiary/aromatic N) is 3. The van der Waals surface area contributed by atoms with Crippen molar-refractivity contribution in [3.8, 4) is 17.0 Å². The van der Waals surface area contributed by atoms with Gasteiger partial charge in [-0.1, -0.05) is 0 Å². The number of benzene rings is 1. The number of carbonyl (C=O) groups excluding carboxylic acids is 1. The van der Waals surface area contributed by atoms with Crippen molar-refractivity contribution >= 4 is 11.6 Å². The summed E-state index contributed by atoms with van der Waals surface area (Å²) < 4.78 is 22.8. The predicted octanol–water partition coefficient (Wildman–Crippen LogP) is 1.83. The fourth-order valence-corrected chi connectivity index (χ4v) is 3.31. The third-order valence-electron chi connectivity index (χ3n) is 5.10. The van der Waals surface area contributed by atoms with E-state index >= 15 is 0 Å². The van der Waals surface area contributed by atoms with E-state index in [1.165, 1.54) is 28.3 Å². The quantitative estimate of drug-likeness (QED) is 0.615. The summed E-state index contributed by atoms with van der Waals surface area (Å²) in [6.07, 6.45) is 4.38. The van der Waals surface area contributed by atoms with E-state index in [0.29, 0.717) is 23.9 Å². The lowest BCUT2D eigenvalue weighted by molar-refractivity contribution is 0.0919. The van der Waals surface area contributed by atoms with Crippen LogP contribution in [0.4, 0.5) is 4.39 Å². The number of aliphatic hydroxyl groups is 1. The molecule has 0 radical (unpaired) electrons. The maximum absolute atomic E-state index is 14.8. The van der Waals surface area contributed by atoms with Crippen molar-refractivity contribution in [3.63, 3.8) is 0 Å². The Morgan fingerprint density at radius 1 is 1.40 bits per heavy atom. The van der Waals surface area contributed by atoms with Crippen LogP contribution >= 0.6 is 0 Å². The number of methoxy groups -OCH3 is 1. The molecular weight excluding hydrogens is 391 g/mol. The average molecular weight is 414 g/mol. The van der Waals surface area contributed by atoms with Crippen molar-refractivity contribution < 1.29 is 19.0 Å². The minimum absolute atomic E-state index is 0.0538. The van der Waals surface area contributed by atoms with E-state index in [0.717, 1.165) is 12.8 Å². The highest BCUT2D eigenvalue weighted by Crippen LogP contribution is 2.33. The van der Waals surface area contributed by atoms with E-state index in [1.54, 1.807) is 25.3 Å². The van der Waals surface area contributed by atoms with Gasteiger partial charge < -0.3 is 19.7 Å². The zero-order chi connectivity index (χ0) is 21.4. The van der Waals surface area contributed by atoms with Crippen LogP contribution in [0, 0.1) is 11.7 Å². The molecule has 0 saturated heterocycles. The van der Waals surface area contributed by atoms with Gasteiger partial charge in [-0.25, -0.2) is 9.37 Å². The molecule has 1 fully saturated rings. The molecule has 0 aliphatic heterocycles. The summed E-state index contributed by atoms with van der Waals surface area (Å²) in [5, 5.41) is 11.9. The molecule has 0 bridgehead atoms. The van der Waals surface area contributed by atoms with E-state index in [1.807, 2.05) is 0 Å². The number of aliphatic hydroxyl groups excluding tert-OH is 1. The van der Waals surface area contributed by atoms with Gasteiger partial charge in [-0.05, 0) is 37.8 Å². The summed E-state index contributed by atoms with van der Waals surface area (Å²) in [6.45, 7) is 2.09. The molecule has 158 valence electrons. The Kier molecular flexibility index (Phi) is 5.29. The molecule has 8 nitrogen and oxygen atoms in total. The maximum atomic E-state index is 14.8. The zero-order valence-corrected chi connectivity index (χ0v) is 16.8. The lowest BCUT2D eigenvalue weighted by Gasteiger charge is -2.14. The van der Waals surface area contributed by atoms with Crippen molar-refractivity contribution in [1.29, 1.82) is 0 Å². The second kappa shape index (κ2) is 7.91. The monoisotopic (exact) mass is 414 g/mol. The van der Waals surface area contributed by atoms with Gasteiger partial charge in [0.05, 0.1) is 18.9 Å². The van der Waals surface area contributed by atoms with Gasteiger partial charge in [0, 0.05) is 37.1 Å². The Morgan fingerprint density at radius 2 is 2.17 bits per heavy atom. The number of imidazole rings is 1. The number of carbonyl (C=O) groups is 1. The summed E-state index contributed by atoms with van der Waals surface area (Å²) >= 11 is 0. The Balaban J connectivity index is 1.82. The van der Waals surface area contributed by atoms with Crippen LogP contribution in [0.3, 0.4) is 0 Å². The summed E-state index contributed by atoms with van der Waals surface area (Å²) in [5.74, 6) is -0.250. The molecule has 1 aliphatic rings. The van der Waals surface area contributed by atoms with Gasteiger partial charge in [0.25, 0.3) is 11.5 Å². The van der Waals surface area contributed by atoms with Crippen molar-refractivity contribution in [3.05, 3.63) is 52.5 Å². The molecule has 3 aromatic rings. The molecule has 1 aromatic carbocycles. The Labute approximate surface area is 171 Å². The number of rotatable bonds is 7. The van der Waals surface area contributed by atoms with E-state index < -0.39 is 17.8 Å². The Bertz CT molecular complexity index is 1160. The first-order chi connectivity index (χ1) is 14.4. The van der Waals surface area contributed by atoms with Crippen LogP contribution in [-0.4, -0.2) is 44.7 Å². The molecule has 0 spiro atoms. The highest BCUT2D eigenvalue weighted by atomic mass is 19.1. The number of aromatic nitrogens is 3. The van der Waals surface area contributed by atoms with Crippen molar-refractivity contribution in [2.24, 2.45) is 5.92 Å². The first-order valence-corrected chi connectivity index (χ1v) is 9.80. The molecule has 1 aliphatic carbocycles. The van der Waals surface area contributed by atoms with Crippen LogP contribution in [0.1, 0.15) is 30.3 Å². The van der Waals surface area contributed by atoms with Crippen molar-refractivity contribution in [2.75, 3.05) is 13.7 Å². The fourth-order valence-electron chi connectivity index (χ4n) is 3.31. The van der Waals surface area contributed by atoms with Gasteiger partial charge in [0.15, 0.2) is 0 Å². The van der Waals surface area contributed by atoms with E-state index in [4.69, 9.17) is 4.74 Å². The molecule has 4 rings (SSSR count). The molecule has 1 amide bonds. The first-order valence-electron chi connectivity index (χ1n) is 9.80. The maximum Gasteiger partial charge on any atom is 0.294 e.